The zero-order valence-corrected chi connectivity index (χ0v) is 7.83. The number of fused-ring (bicyclic) bond motifs is 1. The van der Waals surface area contributed by atoms with Gasteiger partial charge in [0.1, 0.15) is 0 Å². The third-order valence-electron chi connectivity index (χ3n) is 1.72. The molecule has 0 saturated carbocycles. The van der Waals surface area contributed by atoms with E-state index in [2.05, 4.69) is 0 Å². The highest BCUT2D eigenvalue weighted by Crippen LogP contribution is 2.10. The second kappa shape index (κ2) is 2.92. The smallest absolute Gasteiger partial charge is 0.299 e. The summed E-state index contributed by atoms with van der Waals surface area (Å²) in [6.07, 6.45) is 0. The first kappa shape index (κ1) is 9.41. The average molecular weight is 230 g/mol. The van der Waals surface area contributed by atoms with Crippen LogP contribution in [0.3, 0.4) is 0 Å². The fraction of sp³-hybridized carbons (Fsp3) is 0. The number of aromatic amines is 3. The van der Waals surface area contributed by atoms with Gasteiger partial charge < -0.3 is 0 Å². The van der Waals surface area contributed by atoms with Gasteiger partial charge >= 0.3 is 19.2 Å². The lowest BCUT2D eigenvalue weighted by Crippen LogP contribution is -2.22. The van der Waals surface area contributed by atoms with Crippen molar-refractivity contribution in [3.63, 3.8) is 0 Å². The molecule has 10 heteroatoms. The van der Waals surface area contributed by atoms with E-state index in [1.54, 1.807) is 0 Å². The summed E-state index contributed by atoms with van der Waals surface area (Å²) in [4.78, 5) is 39.0. The second-order valence-corrected chi connectivity index (χ2v) is 3.49. The van der Waals surface area contributed by atoms with Crippen molar-refractivity contribution in [2.24, 2.45) is 0 Å². The Morgan fingerprint density at radius 1 is 1.00 bits per heavy atom. The number of nitrogens with one attached hydrogen (secondary N) is 3. The van der Waals surface area contributed by atoms with Gasteiger partial charge in [0.2, 0.25) is 0 Å². The topological polar surface area (TPSA) is 138 Å². The molecule has 0 saturated heterocycles. The summed E-state index contributed by atoms with van der Waals surface area (Å²) in [6, 6.07) is 0. The van der Waals surface area contributed by atoms with Crippen LogP contribution < -0.4 is 16.9 Å². The first-order valence-electron chi connectivity index (χ1n) is 3.62. The van der Waals surface area contributed by atoms with E-state index in [1.807, 2.05) is 15.0 Å². The minimum absolute atomic E-state index is 0.279. The Morgan fingerprint density at radius 2 is 1.67 bits per heavy atom. The SMILES string of the molecule is O=c1[nH]c(=O)c2[nH]c(=O)n(P(=O)=O)c2[nH]1. The first-order chi connectivity index (χ1) is 7.00. The summed E-state index contributed by atoms with van der Waals surface area (Å²) in [5.41, 5.74) is -3.42. The minimum atomic E-state index is -3.25. The summed E-state index contributed by atoms with van der Waals surface area (Å²) in [7, 11) is -3.25. The van der Waals surface area contributed by atoms with E-state index in [0.717, 1.165) is 0 Å². The van der Waals surface area contributed by atoms with Gasteiger partial charge in [-0.15, -0.1) is 0 Å². The molecule has 15 heavy (non-hydrogen) atoms. The van der Waals surface area contributed by atoms with Crippen molar-refractivity contribution in [2.75, 3.05) is 0 Å². The maximum absolute atomic E-state index is 11.1. The maximum atomic E-state index is 11.1. The predicted octanol–water partition coefficient (Wildman–Crippen LogP) is -1.36. The molecule has 0 aliphatic carbocycles. The number of hydrogen-bond acceptors (Lipinski definition) is 5. The summed E-state index contributed by atoms with van der Waals surface area (Å²) in [5.74, 6) is 0. The fourth-order valence-corrected chi connectivity index (χ4v) is 1.68. The summed E-state index contributed by atoms with van der Waals surface area (Å²) >= 11 is 0. The van der Waals surface area contributed by atoms with Gasteiger partial charge in [-0.1, -0.05) is 0 Å². The molecule has 0 aromatic carbocycles. The predicted molar refractivity (Wildman–Crippen MR) is 47.5 cm³/mol. The van der Waals surface area contributed by atoms with Crippen molar-refractivity contribution in [3.05, 3.63) is 31.3 Å². The molecule has 9 nitrogen and oxygen atoms in total. The monoisotopic (exact) mass is 230 g/mol. The maximum Gasteiger partial charge on any atom is 0.436 e. The van der Waals surface area contributed by atoms with Crippen molar-refractivity contribution in [3.8, 4) is 0 Å². The van der Waals surface area contributed by atoms with Crippen LogP contribution in [0.15, 0.2) is 14.4 Å². The molecule has 0 atom stereocenters. The molecule has 2 aromatic rings. The quantitative estimate of drug-likeness (QED) is 0.519. The highest BCUT2D eigenvalue weighted by Gasteiger charge is 2.13. The van der Waals surface area contributed by atoms with E-state index in [0.29, 0.717) is 0 Å². The molecule has 0 unspecified atom stereocenters. The van der Waals surface area contributed by atoms with Gasteiger partial charge in [0.15, 0.2) is 11.2 Å². The lowest BCUT2D eigenvalue weighted by molar-refractivity contribution is 0.508. The van der Waals surface area contributed by atoms with Gasteiger partial charge in [-0.25, -0.2) is 18.7 Å². The Balaban J connectivity index is 3.21. The number of imidazole rings is 1. The molecule has 0 aliphatic rings. The zero-order chi connectivity index (χ0) is 11.2. The van der Waals surface area contributed by atoms with Crippen LogP contribution in [0, 0.1) is 0 Å². The molecule has 0 amide bonds. The Hall–Kier alpha value is -2.15. The molecule has 2 rings (SSSR count). The molecule has 0 fully saturated rings. The molecule has 2 aromatic heterocycles. The van der Waals surface area contributed by atoms with Crippen LogP contribution in [-0.2, 0) is 9.13 Å². The number of aromatic nitrogens is 4. The standard InChI is InChI=1S/C5H3N4O5P/c10-3-1-2(7-4(11)8-3)9(15(13)14)5(12)6-1/h(H,6,12)(H2,7,8,10,11). The van der Waals surface area contributed by atoms with Crippen LogP contribution in [0.5, 0.6) is 0 Å². The average Bonchev–Trinajstić information content (AvgIpc) is 2.41. The van der Waals surface area contributed by atoms with E-state index in [-0.39, 0.29) is 15.5 Å². The van der Waals surface area contributed by atoms with Crippen molar-refractivity contribution >= 4 is 19.0 Å². The van der Waals surface area contributed by atoms with E-state index in [4.69, 9.17) is 0 Å². The van der Waals surface area contributed by atoms with Gasteiger partial charge in [0.25, 0.3) is 5.56 Å². The lowest BCUT2D eigenvalue weighted by Gasteiger charge is -1.88. The summed E-state index contributed by atoms with van der Waals surface area (Å²) in [5, 5.41) is 0. The van der Waals surface area contributed by atoms with Crippen LogP contribution in [0.25, 0.3) is 11.2 Å². The fourth-order valence-electron chi connectivity index (χ4n) is 1.17. The zero-order valence-electron chi connectivity index (χ0n) is 6.94. The second-order valence-electron chi connectivity index (χ2n) is 2.61. The molecular weight excluding hydrogens is 227 g/mol. The van der Waals surface area contributed by atoms with Gasteiger partial charge in [-0.3, -0.25) is 19.7 Å². The van der Waals surface area contributed by atoms with Crippen LogP contribution in [-0.4, -0.2) is 19.3 Å². The molecule has 0 bridgehead atoms. The van der Waals surface area contributed by atoms with Gasteiger partial charge in [-0.05, 0) is 0 Å². The largest absolute Gasteiger partial charge is 0.436 e. The number of nitrogens with zero attached hydrogens (tertiary/aromatic N) is 1. The van der Waals surface area contributed by atoms with Gasteiger partial charge in [0.05, 0.1) is 0 Å². The van der Waals surface area contributed by atoms with Crippen LogP contribution in [0.4, 0.5) is 0 Å². The number of H-pyrrole nitrogens is 3. The van der Waals surface area contributed by atoms with E-state index in [9.17, 15) is 23.5 Å². The normalized spacial score (nSPS) is 10.7. The summed E-state index contributed by atoms with van der Waals surface area (Å²) in [6.45, 7) is 0. The Morgan fingerprint density at radius 3 is 2.27 bits per heavy atom. The van der Waals surface area contributed by atoms with Crippen LogP contribution in [0.1, 0.15) is 0 Å². The molecular formula is C5H3N4O5P. The van der Waals surface area contributed by atoms with Crippen molar-refractivity contribution in [1.82, 2.24) is 19.3 Å². The third kappa shape index (κ3) is 1.29. The van der Waals surface area contributed by atoms with Crippen LogP contribution in [0.2, 0.25) is 0 Å². The summed E-state index contributed by atoms with van der Waals surface area (Å²) < 4.78 is 21.6. The molecule has 78 valence electrons. The molecule has 0 radical (unpaired) electrons. The minimum Gasteiger partial charge on any atom is -0.299 e. The third-order valence-corrected chi connectivity index (χ3v) is 2.43. The lowest BCUT2D eigenvalue weighted by atomic mass is 10.5. The highest BCUT2D eigenvalue weighted by molar-refractivity contribution is 7.29. The van der Waals surface area contributed by atoms with Crippen LogP contribution >= 0.6 is 7.83 Å². The Bertz CT molecular complexity index is 763. The molecule has 0 aliphatic heterocycles. The first-order valence-corrected chi connectivity index (χ1v) is 4.76. The van der Waals surface area contributed by atoms with E-state index in [1.165, 1.54) is 0 Å². The van der Waals surface area contributed by atoms with Crippen molar-refractivity contribution in [2.45, 2.75) is 0 Å². The molecule has 0 spiro atoms. The molecule has 2 heterocycles. The highest BCUT2D eigenvalue weighted by atomic mass is 31.1. The van der Waals surface area contributed by atoms with Crippen molar-refractivity contribution < 1.29 is 9.13 Å². The van der Waals surface area contributed by atoms with Gasteiger partial charge in [0, 0.05) is 0 Å². The van der Waals surface area contributed by atoms with E-state index < -0.39 is 24.8 Å². The van der Waals surface area contributed by atoms with Gasteiger partial charge in [-0.2, -0.15) is 4.34 Å². The van der Waals surface area contributed by atoms with Crippen molar-refractivity contribution in [1.29, 1.82) is 0 Å². The van der Waals surface area contributed by atoms with E-state index >= 15 is 0 Å². The number of hydrogen-bond donors (Lipinski definition) is 3. The Kier molecular flexibility index (Phi) is 1.83. The number of rotatable bonds is 1. The Labute approximate surface area is 79.6 Å². The molecule has 3 N–H and O–H groups in total.